The van der Waals surface area contributed by atoms with Gasteiger partial charge in [-0.3, -0.25) is 4.90 Å². The van der Waals surface area contributed by atoms with Crippen LogP contribution in [0.1, 0.15) is 16.5 Å². The van der Waals surface area contributed by atoms with Gasteiger partial charge in [0, 0.05) is 44.1 Å². The van der Waals surface area contributed by atoms with Crippen molar-refractivity contribution in [2.75, 3.05) is 46.4 Å². The van der Waals surface area contributed by atoms with E-state index in [1.54, 1.807) is 7.11 Å². The molecule has 1 aromatic heterocycles. The van der Waals surface area contributed by atoms with E-state index in [1.807, 2.05) is 35.6 Å². The SMILES string of the molecule is COc1cccc([C@H](O)CN2CCN(CCc3cccs3)CC2)c1. The van der Waals surface area contributed by atoms with E-state index in [1.165, 1.54) is 4.88 Å². The summed E-state index contributed by atoms with van der Waals surface area (Å²) in [6, 6.07) is 12.1. The molecule has 24 heavy (non-hydrogen) atoms. The fourth-order valence-corrected chi connectivity index (χ4v) is 3.82. The molecule has 4 nitrogen and oxygen atoms in total. The van der Waals surface area contributed by atoms with Crippen LogP contribution >= 0.6 is 11.3 Å². The number of aliphatic hydroxyl groups is 1. The molecule has 0 unspecified atom stereocenters. The minimum atomic E-state index is -0.460. The summed E-state index contributed by atoms with van der Waals surface area (Å²) in [7, 11) is 1.65. The quantitative estimate of drug-likeness (QED) is 0.836. The summed E-state index contributed by atoms with van der Waals surface area (Å²) >= 11 is 1.84. The molecule has 0 radical (unpaired) electrons. The van der Waals surface area contributed by atoms with Crippen molar-refractivity contribution in [2.45, 2.75) is 12.5 Å². The molecule has 1 fully saturated rings. The van der Waals surface area contributed by atoms with E-state index in [0.29, 0.717) is 6.54 Å². The van der Waals surface area contributed by atoms with Crippen LogP contribution in [0.3, 0.4) is 0 Å². The first-order valence-corrected chi connectivity index (χ1v) is 9.41. The summed E-state index contributed by atoms with van der Waals surface area (Å²) in [6.45, 7) is 6.02. The van der Waals surface area contributed by atoms with Gasteiger partial charge in [-0.05, 0) is 35.6 Å². The van der Waals surface area contributed by atoms with E-state index < -0.39 is 6.10 Å². The van der Waals surface area contributed by atoms with E-state index in [0.717, 1.165) is 50.5 Å². The van der Waals surface area contributed by atoms with Crippen LogP contribution in [0.25, 0.3) is 0 Å². The standard InChI is InChI=1S/C19H26N2O2S/c1-23-17-5-2-4-16(14-17)19(22)15-21-11-9-20(10-12-21)8-7-18-6-3-13-24-18/h2-6,13-14,19,22H,7-12,15H2,1H3/t19-/m1/s1. The van der Waals surface area contributed by atoms with Gasteiger partial charge in [0.05, 0.1) is 13.2 Å². The predicted octanol–water partition coefficient (Wildman–Crippen LogP) is 2.65. The van der Waals surface area contributed by atoms with Crippen molar-refractivity contribution in [1.29, 1.82) is 0 Å². The molecule has 2 aromatic rings. The number of piperazine rings is 1. The number of ether oxygens (including phenoxy) is 1. The zero-order valence-corrected chi connectivity index (χ0v) is 15.0. The van der Waals surface area contributed by atoms with Gasteiger partial charge >= 0.3 is 0 Å². The Balaban J connectivity index is 1.43. The lowest BCUT2D eigenvalue weighted by Gasteiger charge is -2.35. The highest BCUT2D eigenvalue weighted by atomic mass is 32.1. The second-order valence-electron chi connectivity index (χ2n) is 6.26. The third kappa shape index (κ3) is 4.80. The van der Waals surface area contributed by atoms with Crippen LogP contribution in [0, 0.1) is 0 Å². The number of aliphatic hydroxyl groups excluding tert-OH is 1. The molecule has 1 atom stereocenters. The molecule has 5 heteroatoms. The van der Waals surface area contributed by atoms with Crippen molar-refractivity contribution in [3.05, 3.63) is 52.2 Å². The molecule has 0 spiro atoms. The minimum absolute atomic E-state index is 0.460. The fraction of sp³-hybridized carbons (Fsp3) is 0.474. The van der Waals surface area contributed by atoms with Gasteiger partial charge < -0.3 is 14.7 Å². The highest BCUT2D eigenvalue weighted by Crippen LogP contribution is 2.20. The van der Waals surface area contributed by atoms with Crippen molar-refractivity contribution in [1.82, 2.24) is 9.80 Å². The van der Waals surface area contributed by atoms with E-state index in [4.69, 9.17) is 4.74 Å². The van der Waals surface area contributed by atoms with Gasteiger partial charge in [0.25, 0.3) is 0 Å². The zero-order chi connectivity index (χ0) is 16.8. The largest absolute Gasteiger partial charge is 0.497 e. The van der Waals surface area contributed by atoms with E-state index in [9.17, 15) is 5.11 Å². The Hall–Kier alpha value is -1.40. The summed E-state index contributed by atoms with van der Waals surface area (Å²) < 4.78 is 5.24. The summed E-state index contributed by atoms with van der Waals surface area (Å²) in [4.78, 5) is 6.34. The number of hydrogen-bond donors (Lipinski definition) is 1. The summed E-state index contributed by atoms with van der Waals surface area (Å²) in [5, 5.41) is 12.6. The Morgan fingerprint density at radius 1 is 1.12 bits per heavy atom. The lowest BCUT2D eigenvalue weighted by atomic mass is 10.1. The number of hydrogen-bond acceptors (Lipinski definition) is 5. The normalized spacial score (nSPS) is 17.8. The maximum Gasteiger partial charge on any atom is 0.119 e. The van der Waals surface area contributed by atoms with Gasteiger partial charge in [-0.15, -0.1) is 11.3 Å². The lowest BCUT2D eigenvalue weighted by molar-refractivity contribution is 0.0729. The molecular formula is C19H26N2O2S. The highest BCUT2D eigenvalue weighted by Gasteiger charge is 2.20. The number of thiophene rings is 1. The Morgan fingerprint density at radius 2 is 1.92 bits per heavy atom. The minimum Gasteiger partial charge on any atom is -0.497 e. The molecule has 1 saturated heterocycles. The predicted molar refractivity (Wildman–Crippen MR) is 98.9 cm³/mol. The van der Waals surface area contributed by atoms with Crippen LogP contribution in [0.5, 0.6) is 5.75 Å². The molecule has 1 aromatic carbocycles. The third-order valence-electron chi connectivity index (χ3n) is 4.63. The first-order valence-electron chi connectivity index (χ1n) is 8.53. The van der Waals surface area contributed by atoms with Crippen LogP contribution in [-0.2, 0) is 6.42 Å². The third-order valence-corrected chi connectivity index (χ3v) is 5.57. The fourth-order valence-electron chi connectivity index (χ4n) is 3.12. The van der Waals surface area contributed by atoms with Crippen molar-refractivity contribution in [2.24, 2.45) is 0 Å². The molecule has 1 N–H and O–H groups in total. The Morgan fingerprint density at radius 3 is 2.62 bits per heavy atom. The van der Waals surface area contributed by atoms with Crippen LogP contribution in [0.15, 0.2) is 41.8 Å². The van der Waals surface area contributed by atoms with Crippen molar-refractivity contribution in [3.63, 3.8) is 0 Å². The molecule has 130 valence electrons. The molecule has 0 bridgehead atoms. The second-order valence-corrected chi connectivity index (χ2v) is 7.30. The molecule has 3 rings (SSSR count). The molecular weight excluding hydrogens is 320 g/mol. The molecule has 1 aliphatic heterocycles. The van der Waals surface area contributed by atoms with Gasteiger partial charge in [-0.1, -0.05) is 18.2 Å². The smallest absolute Gasteiger partial charge is 0.119 e. The van der Waals surface area contributed by atoms with E-state index >= 15 is 0 Å². The first-order chi connectivity index (χ1) is 11.7. The van der Waals surface area contributed by atoms with Crippen LogP contribution in [-0.4, -0.2) is 61.3 Å². The topological polar surface area (TPSA) is 35.9 Å². The zero-order valence-electron chi connectivity index (χ0n) is 14.2. The first kappa shape index (κ1) is 17.4. The number of methoxy groups -OCH3 is 1. The molecule has 2 heterocycles. The van der Waals surface area contributed by atoms with Gasteiger partial charge in [-0.25, -0.2) is 0 Å². The van der Waals surface area contributed by atoms with Crippen molar-refractivity contribution < 1.29 is 9.84 Å². The average molecular weight is 346 g/mol. The summed E-state index contributed by atoms with van der Waals surface area (Å²) in [6.07, 6.45) is 0.683. The van der Waals surface area contributed by atoms with Gasteiger partial charge in [0.2, 0.25) is 0 Å². The second kappa shape index (κ2) is 8.62. The number of rotatable bonds is 7. The maximum atomic E-state index is 10.5. The summed E-state index contributed by atoms with van der Waals surface area (Å²) in [5.41, 5.74) is 0.925. The highest BCUT2D eigenvalue weighted by molar-refractivity contribution is 7.09. The van der Waals surface area contributed by atoms with Crippen LogP contribution < -0.4 is 4.74 Å². The van der Waals surface area contributed by atoms with Crippen molar-refractivity contribution in [3.8, 4) is 5.75 Å². The van der Waals surface area contributed by atoms with Gasteiger partial charge in [0.1, 0.15) is 5.75 Å². The monoisotopic (exact) mass is 346 g/mol. The van der Waals surface area contributed by atoms with Gasteiger partial charge in [0.15, 0.2) is 0 Å². The summed E-state index contributed by atoms with van der Waals surface area (Å²) in [5.74, 6) is 0.796. The Bertz CT molecular complexity index is 610. The van der Waals surface area contributed by atoms with Crippen LogP contribution in [0.4, 0.5) is 0 Å². The number of benzene rings is 1. The lowest BCUT2D eigenvalue weighted by Crippen LogP contribution is -2.47. The van der Waals surface area contributed by atoms with Crippen molar-refractivity contribution >= 4 is 11.3 Å². The average Bonchev–Trinajstić information content (AvgIpc) is 3.15. The molecule has 0 aliphatic carbocycles. The van der Waals surface area contributed by atoms with E-state index in [-0.39, 0.29) is 0 Å². The number of nitrogens with zero attached hydrogens (tertiary/aromatic N) is 2. The molecule has 1 aliphatic rings. The maximum absolute atomic E-state index is 10.5. The number of β-amino-alcohol motifs (C(OH)–C–C–N with tert-alkyl or cyclic N) is 1. The van der Waals surface area contributed by atoms with Gasteiger partial charge in [-0.2, -0.15) is 0 Å². The Labute approximate surface area is 148 Å². The van der Waals surface area contributed by atoms with Crippen LogP contribution in [0.2, 0.25) is 0 Å². The molecule has 0 saturated carbocycles. The van der Waals surface area contributed by atoms with E-state index in [2.05, 4.69) is 27.3 Å². The molecule has 0 amide bonds. The Kier molecular flexibility index (Phi) is 6.26.